The van der Waals surface area contributed by atoms with E-state index >= 15 is 0 Å². The number of amides is 1. The molecule has 1 atom stereocenters. The van der Waals surface area contributed by atoms with Gasteiger partial charge in [0.2, 0.25) is 0 Å². The smallest absolute Gasteiger partial charge is 0.269 e. The normalized spacial score (nSPS) is 21.0. The van der Waals surface area contributed by atoms with Crippen molar-refractivity contribution in [2.24, 2.45) is 5.92 Å². The maximum absolute atomic E-state index is 11.9. The Hall–Kier alpha value is -1.33. The summed E-state index contributed by atoms with van der Waals surface area (Å²) in [7, 11) is 5.74. The number of likely N-dealkylation sites (N-methyl/N-ethyl adjacent to an activating group) is 1. The molecule has 2 rings (SSSR count). The van der Waals surface area contributed by atoms with E-state index in [1.165, 1.54) is 0 Å². The predicted octanol–water partition coefficient (Wildman–Crippen LogP) is 1.49. The molecule has 1 N–H and O–H groups in total. The summed E-state index contributed by atoms with van der Waals surface area (Å²) in [4.78, 5) is 21.7. The van der Waals surface area contributed by atoms with E-state index in [1.807, 2.05) is 12.1 Å². The Kier molecular flexibility index (Phi) is 5.06. The number of nitrogens with one attached hydrogen (secondary N) is 1. The number of carbonyl (C=O) groups is 1. The molecule has 0 spiro atoms. The van der Waals surface area contributed by atoms with Crippen molar-refractivity contribution >= 4 is 5.91 Å². The molecule has 1 saturated heterocycles. The zero-order valence-corrected chi connectivity index (χ0v) is 13.9. The first-order valence-corrected chi connectivity index (χ1v) is 7.70. The molecule has 5 nitrogen and oxygen atoms in total. The lowest BCUT2D eigenvalue weighted by Crippen LogP contribution is -2.53. The number of aromatic amines is 1. The van der Waals surface area contributed by atoms with Crippen LogP contribution in [0.1, 0.15) is 30.0 Å². The number of H-pyrrole nitrogens is 1. The number of aromatic nitrogens is 1. The van der Waals surface area contributed by atoms with Gasteiger partial charge in [-0.05, 0) is 25.1 Å². The second-order valence-electron chi connectivity index (χ2n) is 6.64. The summed E-state index contributed by atoms with van der Waals surface area (Å²) in [5.74, 6) is 0.658. The lowest BCUT2D eigenvalue weighted by atomic mass is 9.99. The van der Waals surface area contributed by atoms with E-state index in [0.717, 1.165) is 31.9 Å². The average Bonchev–Trinajstić information content (AvgIpc) is 2.88. The molecule has 0 saturated carbocycles. The maximum Gasteiger partial charge on any atom is 0.269 e. The average molecular weight is 292 g/mol. The molecule has 0 radical (unpaired) electrons. The number of nitrogens with zero attached hydrogens (tertiary/aromatic N) is 3. The van der Waals surface area contributed by atoms with Gasteiger partial charge in [-0.15, -0.1) is 0 Å². The summed E-state index contributed by atoms with van der Waals surface area (Å²) in [5.41, 5.74) is 1.79. The van der Waals surface area contributed by atoms with E-state index in [0.29, 0.717) is 17.7 Å². The van der Waals surface area contributed by atoms with Crippen LogP contribution in [0.5, 0.6) is 0 Å². The Balaban J connectivity index is 2.05. The Morgan fingerprint density at radius 2 is 2.10 bits per heavy atom. The quantitative estimate of drug-likeness (QED) is 0.914. The van der Waals surface area contributed by atoms with Gasteiger partial charge < -0.3 is 14.8 Å². The van der Waals surface area contributed by atoms with Crippen LogP contribution in [0.15, 0.2) is 12.1 Å². The summed E-state index contributed by atoms with van der Waals surface area (Å²) >= 11 is 0. The summed E-state index contributed by atoms with van der Waals surface area (Å²) in [6.45, 7) is 8.75. The fraction of sp³-hybridized carbons (Fsp3) is 0.688. The number of carbonyl (C=O) groups excluding carboxylic acids is 1. The minimum atomic E-state index is 0.0278. The molecule has 1 amide bonds. The highest BCUT2D eigenvalue weighted by Crippen LogP contribution is 2.19. The third-order valence-corrected chi connectivity index (χ3v) is 4.26. The van der Waals surface area contributed by atoms with Crippen molar-refractivity contribution in [3.8, 4) is 0 Å². The van der Waals surface area contributed by atoms with Crippen LogP contribution >= 0.6 is 0 Å². The molecule has 0 aliphatic carbocycles. The largest absolute Gasteiger partial charge is 0.353 e. The van der Waals surface area contributed by atoms with Crippen molar-refractivity contribution in [1.29, 1.82) is 0 Å². The molecular weight excluding hydrogens is 264 g/mol. The number of hydrogen-bond acceptors (Lipinski definition) is 3. The van der Waals surface area contributed by atoms with Crippen molar-refractivity contribution in [2.45, 2.75) is 26.4 Å². The van der Waals surface area contributed by atoms with E-state index < -0.39 is 0 Å². The number of piperazine rings is 1. The molecule has 0 aromatic carbocycles. The highest BCUT2D eigenvalue weighted by atomic mass is 16.2. The van der Waals surface area contributed by atoms with Gasteiger partial charge in [0.1, 0.15) is 5.69 Å². The van der Waals surface area contributed by atoms with Crippen LogP contribution in [0.2, 0.25) is 0 Å². The molecule has 1 fully saturated rings. The van der Waals surface area contributed by atoms with Crippen LogP contribution in [0.3, 0.4) is 0 Å². The van der Waals surface area contributed by atoms with Crippen LogP contribution in [-0.2, 0) is 6.54 Å². The third-order valence-electron chi connectivity index (χ3n) is 4.26. The van der Waals surface area contributed by atoms with Crippen LogP contribution < -0.4 is 0 Å². The predicted molar refractivity (Wildman–Crippen MR) is 85.3 cm³/mol. The molecule has 1 aliphatic rings. The van der Waals surface area contributed by atoms with Gasteiger partial charge in [-0.3, -0.25) is 9.69 Å². The third kappa shape index (κ3) is 3.86. The minimum Gasteiger partial charge on any atom is -0.353 e. The van der Waals surface area contributed by atoms with Crippen molar-refractivity contribution in [3.05, 3.63) is 23.5 Å². The van der Waals surface area contributed by atoms with Crippen LogP contribution in [0.25, 0.3) is 0 Å². The first-order valence-electron chi connectivity index (χ1n) is 7.70. The molecule has 118 valence electrons. The minimum absolute atomic E-state index is 0.0278. The molecule has 1 aromatic rings. The summed E-state index contributed by atoms with van der Waals surface area (Å²) in [5, 5.41) is 0. The first-order chi connectivity index (χ1) is 9.88. The molecule has 5 heteroatoms. The van der Waals surface area contributed by atoms with Crippen molar-refractivity contribution in [3.63, 3.8) is 0 Å². The lowest BCUT2D eigenvalue weighted by Gasteiger charge is -2.42. The van der Waals surface area contributed by atoms with E-state index in [9.17, 15) is 4.79 Å². The molecule has 0 bridgehead atoms. The maximum atomic E-state index is 11.9. The molecular formula is C16H28N4O. The Morgan fingerprint density at radius 1 is 1.38 bits per heavy atom. The van der Waals surface area contributed by atoms with Gasteiger partial charge >= 0.3 is 0 Å². The van der Waals surface area contributed by atoms with Crippen LogP contribution in [0.4, 0.5) is 0 Å². The molecule has 21 heavy (non-hydrogen) atoms. The van der Waals surface area contributed by atoms with Gasteiger partial charge in [0, 0.05) is 52.0 Å². The molecule has 1 aromatic heterocycles. The van der Waals surface area contributed by atoms with Crippen LogP contribution in [0, 0.1) is 5.92 Å². The monoisotopic (exact) mass is 292 g/mol. The van der Waals surface area contributed by atoms with Gasteiger partial charge in [0.15, 0.2) is 0 Å². The first kappa shape index (κ1) is 16.0. The van der Waals surface area contributed by atoms with Gasteiger partial charge in [0.05, 0.1) is 0 Å². The summed E-state index contributed by atoms with van der Waals surface area (Å²) in [6, 6.07) is 4.49. The lowest BCUT2D eigenvalue weighted by molar-refractivity contribution is 0.0562. The topological polar surface area (TPSA) is 42.6 Å². The second-order valence-corrected chi connectivity index (χ2v) is 6.64. The van der Waals surface area contributed by atoms with E-state index in [4.69, 9.17) is 0 Å². The fourth-order valence-electron chi connectivity index (χ4n) is 2.94. The zero-order valence-electron chi connectivity index (χ0n) is 13.9. The van der Waals surface area contributed by atoms with Gasteiger partial charge in [-0.2, -0.15) is 0 Å². The summed E-state index contributed by atoms with van der Waals surface area (Å²) < 4.78 is 0. The second kappa shape index (κ2) is 6.62. The Bertz CT molecular complexity index is 480. The van der Waals surface area contributed by atoms with E-state index in [-0.39, 0.29) is 5.91 Å². The zero-order chi connectivity index (χ0) is 15.6. The van der Waals surface area contributed by atoms with Crippen molar-refractivity contribution in [2.75, 3.05) is 40.8 Å². The van der Waals surface area contributed by atoms with Gasteiger partial charge in [-0.1, -0.05) is 13.8 Å². The van der Waals surface area contributed by atoms with Gasteiger partial charge in [0.25, 0.3) is 5.91 Å². The SMILES string of the molecule is CC(C)[C@@H]1CN(C)CCN1Cc1ccc(C(=O)N(C)C)[nH]1. The van der Waals surface area contributed by atoms with Crippen LogP contribution in [-0.4, -0.2) is 72.4 Å². The fourth-order valence-corrected chi connectivity index (χ4v) is 2.94. The molecule has 0 unspecified atom stereocenters. The number of rotatable bonds is 4. The van der Waals surface area contributed by atoms with E-state index in [1.54, 1.807) is 19.0 Å². The standard InChI is InChI=1S/C16H28N4O/c1-12(2)15-11-19(5)8-9-20(15)10-13-6-7-14(17-13)16(21)18(3)4/h6-7,12,15,17H,8-11H2,1-5H3/t15-/m0/s1. The molecule has 2 heterocycles. The van der Waals surface area contributed by atoms with Crippen molar-refractivity contribution < 1.29 is 4.79 Å². The highest BCUT2D eigenvalue weighted by molar-refractivity contribution is 5.92. The van der Waals surface area contributed by atoms with Crippen molar-refractivity contribution in [1.82, 2.24) is 19.7 Å². The Morgan fingerprint density at radius 3 is 2.71 bits per heavy atom. The molecule has 1 aliphatic heterocycles. The van der Waals surface area contributed by atoms with E-state index in [2.05, 4.69) is 35.7 Å². The highest BCUT2D eigenvalue weighted by Gasteiger charge is 2.27. The van der Waals surface area contributed by atoms with Gasteiger partial charge in [-0.25, -0.2) is 0 Å². The number of hydrogen-bond donors (Lipinski definition) is 1. The summed E-state index contributed by atoms with van der Waals surface area (Å²) in [6.07, 6.45) is 0. The Labute approximate surface area is 127 Å².